The Hall–Kier alpha value is -2.49. The summed E-state index contributed by atoms with van der Waals surface area (Å²) in [5.41, 5.74) is 16.1. The number of amides is 4. The number of aryl methyl sites for hydroxylation is 2. The molecule has 0 saturated heterocycles. The predicted octanol–water partition coefficient (Wildman–Crippen LogP) is 0.809. The molecule has 21 heteroatoms. The van der Waals surface area contributed by atoms with Gasteiger partial charge in [-0.1, -0.05) is 0 Å². The number of thiophene rings is 2. The molecule has 2 rings (SSSR count). The van der Waals surface area contributed by atoms with Crippen molar-refractivity contribution < 1.29 is 61.1 Å². The number of urea groups is 2. The molecule has 2 aromatic heterocycles. The first-order chi connectivity index (χ1) is 15.4. The maximum atomic E-state index is 10.2. The van der Waals surface area contributed by atoms with Crippen LogP contribution in [0.4, 0.5) is 9.59 Å². The van der Waals surface area contributed by atoms with Gasteiger partial charge in [0, 0.05) is 9.75 Å². The molecular weight excluding hydrogens is 599 g/mol. The number of hydrazone groups is 2. The molecule has 0 radical (unpaired) electrons. The summed E-state index contributed by atoms with van der Waals surface area (Å²) in [5.74, 6) is 0. The van der Waals surface area contributed by atoms with Crippen molar-refractivity contribution in [2.24, 2.45) is 21.7 Å². The Morgan fingerprint density at radius 3 is 1.23 bits per heavy atom. The molecular formula is C14H22N6NiO10S4+2. The summed E-state index contributed by atoms with van der Waals surface area (Å²) >= 11 is 3.12. The first-order valence-electron chi connectivity index (χ1n) is 8.05. The molecule has 0 aromatic carbocycles. The number of hydrogen-bond donors (Lipinski definition) is 8. The molecule has 2 aromatic rings. The number of nitrogens with one attached hydrogen (secondary N) is 2. The average molecular weight is 621 g/mol. The van der Waals surface area contributed by atoms with Crippen LogP contribution >= 0.6 is 22.7 Å². The Bertz CT molecular complexity index is 1070. The molecule has 0 fully saturated rings. The molecule has 0 spiro atoms. The molecule has 0 saturated carbocycles. The van der Waals surface area contributed by atoms with Gasteiger partial charge in [0.25, 0.3) is 0 Å². The van der Waals surface area contributed by atoms with Crippen molar-refractivity contribution in [2.75, 3.05) is 0 Å². The van der Waals surface area contributed by atoms with Crippen molar-refractivity contribution in [2.45, 2.75) is 13.8 Å². The van der Waals surface area contributed by atoms with Crippen LogP contribution in [-0.4, -0.2) is 59.5 Å². The third kappa shape index (κ3) is 31.5. The van der Waals surface area contributed by atoms with Crippen LogP contribution in [0, 0.1) is 13.8 Å². The number of nitrogens with two attached hydrogens (primary N) is 2. The zero-order valence-electron chi connectivity index (χ0n) is 17.7. The van der Waals surface area contributed by atoms with E-state index >= 15 is 0 Å². The normalized spacial score (nSPS) is 10.5. The summed E-state index contributed by atoms with van der Waals surface area (Å²) in [6, 6.07) is 2.66. The summed E-state index contributed by atoms with van der Waals surface area (Å²) in [4.78, 5) is 22.5. The van der Waals surface area contributed by atoms with Gasteiger partial charge in [0.05, 0.1) is 12.4 Å². The second-order valence-electron chi connectivity index (χ2n) is 5.30. The second kappa shape index (κ2) is 18.8. The summed E-state index contributed by atoms with van der Waals surface area (Å²) in [6.45, 7) is 3.95. The number of hydrogen-bond acceptors (Lipinski definition) is 10. The fourth-order valence-electron chi connectivity index (χ4n) is 1.34. The summed E-state index contributed by atoms with van der Waals surface area (Å²) < 4.78 is 63.2. The van der Waals surface area contributed by atoms with Crippen molar-refractivity contribution in [3.05, 3.63) is 43.8 Å². The van der Waals surface area contributed by atoms with Gasteiger partial charge < -0.3 is 11.5 Å². The second-order valence-corrected chi connectivity index (χ2v) is 8.99. The fourth-order valence-corrected chi connectivity index (χ4v) is 2.92. The third-order valence-corrected chi connectivity index (χ3v) is 4.42. The van der Waals surface area contributed by atoms with E-state index in [1.807, 2.05) is 36.7 Å². The minimum absolute atomic E-state index is 0. The van der Waals surface area contributed by atoms with E-state index in [9.17, 15) is 9.59 Å². The van der Waals surface area contributed by atoms with Gasteiger partial charge >= 0.3 is 49.4 Å². The maximum absolute atomic E-state index is 10.2. The van der Waals surface area contributed by atoms with E-state index in [0.717, 1.165) is 20.9 Å². The van der Waals surface area contributed by atoms with Gasteiger partial charge in [0.2, 0.25) is 0 Å². The standard InChI is InChI=1S/2C7H9N3OS.Ni.2H2O4S/c2*1-5-2-3-12-6(5)4-9-10-7(8)11;;2*1-5(2,3)4/h2*2-4H,1H3,(H3,8,10,11);;2*(H2,1,2,3,4)/q;;+2;;/b2*9-4+;;;. The molecule has 200 valence electrons. The molecule has 0 bridgehead atoms. The number of rotatable bonds is 4. The van der Waals surface area contributed by atoms with Gasteiger partial charge in [0.1, 0.15) is 0 Å². The Balaban J connectivity index is -0.000000419. The molecule has 4 amide bonds. The largest absolute Gasteiger partial charge is 2.00 e. The van der Waals surface area contributed by atoms with Crippen molar-refractivity contribution in [3.63, 3.8) is 0 Å². The first-order valence-corrected chi connectivity index (χ1v) is 12.6. The van der Waals surface area contributed by atoms with Crippen molar-refractivity contribution in [3.8, 4) is 0 Å². The van der Waals surface area contributed by atoms with E-state index < -0.39 is 32.9 Å². The molecule has 10 N–H and O–H groups in total. The average Bonchev–Trinajstić information content (AvgIpc) is 3.21. The molecule has 2 heterocycles. The van der Waals surface area contributed by atoms with Gasteiger partial charge in [-0.25, -0.2) is 20.4 Å². The van der Waals surface area contributed by atoms with Crippen LogP contribution in [0.2, 0.25) is 0 Å². The van der Waals surface area contributed by atoms with Crippen LogP contribution in [0.25, 0.3) is 0 Å². The van der Waals surface area contributed by atoms with Crippen molar-refractivity contribution in [1.29, 1.82) is 0 Å². The number of carbonyl (C=O) groups excluding carboxylic acids is 2. The SMILES string of the molecule is Cc1ccsc1/C=N/NC(N)=O.Cc1ccsc1/C=N/NC(N)=O.O=S(=O)(O)O.O=S(=O)(O)O.[Ni+2]. The van der Waals surface area contributed by atoms with E-state index in [2.05, 4.69) is 21.1 Å². The Labute approximate surface area is 218 Å². The summed E-state index contributed by atoms with van der Waals surface area (Å²) in [6.07, 6.45) is 3.15. The molecule has 0 unspecified atom stereocenters. The Morgan fingerprint density at radius 2 is 1.06 bits per heavy atom. The van der Waals surface area contributed by atoms with Gasteiger partial charge in [0.15, 0.2) is 0 Å². The molecule has 0 atom stereocenters. The molecule has 0 aliphatic carbocycles. The molecule has 0 aliphatic heterocycles. The van der Waals surface area contributed by atoms with Crippen LogP contribution < -0.4 is 22.3 Å². The Kier molecular flexibility index (Phi) is 19.9. The number of nitrogens with zero attached hydrogens (tertiary/aromatic N) is 2. The third-order valence-electron chi connectivity index (χ3n) is 2.52. The zero-order valence-corrected chi connectivity index (χ0v) is 22.0. The van der Waals surface area contributed by atoms with E-state index in [-0.39, 0.29) is 16.5 Å². The van der Waals surface area contributed by atoms with Gasteiger partial charge in [-0.05, 0) is 47.9 Å². The minimum atomic E-state index is -4.67. The van der Waals surface area contributed by atoms with E-state index in [0.29, 0.717) is 0 Å². The quantitative estimate of drug-likeness (QED) is 0.103. The van der Waals surface area contributed by atoms with Crippen LogP contribution in [0.5, 0.6) is 0 Å². The Morgan fingerprint density at radius 1 is 0.800 bits per heavy atom. The molecule has 0 aliphatic rings. The van der Waals surface area contributed by atoms with Crippen LogP contribution in [-0.2, 0) is 37.3 Å². The van der Waals surface area contributed by atoms with Crippen LogP contribution in [0.1, 0.15) is 20.9 Å². The zero-order chi connectivity index (χ0) is 26.9. The fraction of sp³-hybridized carbons (Fsp3) is 0.143. The molecule has 16 nitrogen and oxygen atoms in total. The predicted molar refractivity (Wildman–Crippen MR) is 127 cm³/mol. The smallest absolute Gasteiger partial charge is 0.350 e. The topological polar surface area (TPSA) is 284 Å². The van der Waals surface area contributed by atoms with E-state index in [4.69, 9.17) is 46.5 Å². The van der Waals surface area contributed by atoms with Crippen molar-refractivity contribution in [1.82, 2.24) is 10.9 Å². The minimum Gasteiger partial charge on any atom is -0.350 e. The van der Waals surface area contributed by atoms with Gasteiger partial charge in [-0.3, -0.25) is 18.2 Å². The van der Waals surface area contributed by atoms with Crippen LogP contribution in [0.15, 0.2) is 33.1 Å². The monoisotopic (exact) mass is 620 g/mol. The molecule has 35 heavy (non-hydrogen) atoms. The maximum Gasteiger partial charge on any atom is 2.00 e. The van der Waals surface area contributed by atoms with Gasteiger partial charge in [-0.2, -0.15) is 27.0 Å². The van der Waals surface area contributed by atoms with E-state index in [1.54, 1.807) is 35.1 Å². The van der Waals surface area contributed by atoms with Crippen LogP contribution in [0.3, 0.4) is 0 Å². The number of carbonyl (C=O) groups is 2. The van der Waals surface area contributed by atoms with Crippen molar-refractivity contribution >= 4 is 68.0 Å². The number of primary amides is 2. The summed E-state index contributed by atoms with van der Waals surface area (Å²) in [7, 11) is -9.33. The van der Waals surface area contributed by atoms with E-state index in [1.165, 1.54) is 0 Å². The first kappa shape index (κ1) is 37.1. The van der Waals surface area contributed by atoms with Gasteiger partial charge in [-0.15, -0.1) is 22.7 Å². The summed E-state index contributed by atoms with van der Waals surface area (Å²) in [5, 5.41) is 11.2.